The third kappa shape index (κ3) is 3.45. The van der Waals surface area contributed by atoms with Gasteiger partial charge in [0.15, 0.2) is 0 Å². The quantitative estimate of drug-likeness (QED) is 0.870. The van der Waals surface area contributed by atoms with Gasteiger partial charge in [0.1, 0.15) is 0 Å². The van der Waals surface area contributed by atoms with Gasteiger partial charge in [-0.1, -0.05) is 17.7 Å². The molecule has 0 aliphatic heterocycles. The van der Waals surface area contributed by atoms with Crippen LogP contribution in [0.15, 0.2) is 36.7 Å². The first-order chi connectivity index (χ1) is 9.06. The number of carbonyl (C=O) groups excluding carboxylic acids is 1. The van der Waals surface area contributed by atoms with Gasteiger partial charge in [-0.25, -0.2) is 4.79 Å². The molecule has 0 atom stereocenters. The maximum absolute atomic E-state index is 11.9. The van der Waals surface area contributed by atoms with E-state index in [1.807, 2.05) is 26.0 Å². The molecular weight excluding hydrogens is 262 g/mol. The summed E-state index contributed by atoms with van der Waals surface area (Å²) in [6.07, 6.45) is 3.22. The molecule has 2 N–H and O–H groups in total. The van der Waals surface area contributed by atoms with Crippen LogP contribution in [0.4, 0.5) is 16.2 Å². The van der Waals surface area contributed by atoms with E-state index in [4.69, 9.17) is 11.6 Å². The molecule has 19 heavy (non-hydrogen) atoms. The van der Waals surface area contributed by atoms with Crippen LogP contribution in [-0.2, 0) is 0 Å². The lowest BCUT2D eigenvalue weighted by Gasteiger charge is -2.12. The highest BCUT2D eigenvalue weighted by atomic mass is 35.5. The van der Waals surface area contributed by atoms with Gasteiger partial charge >= 0.3 is 6.03 Å². The van der Waals surface area contributed by atoms with Crippen LogP contribution in [0.1, 0.15) is 11.1 Å². The van der Waals surface area contributed by atoms with E-state index in [2.05, 4.69) is 15.6 Å². The number of hydrogen-bond donors (Lipinski definition) is 2. The number of aryl methyl sites for hydroxylation is 2. The molecule has 1 aromatic carbocycles. The van der Waals surface area contributed by atoms with Crippen LogP contribution in [0.25, 0.3) is 0 Å². The second-order valence-electron chi connectivity index (χ2n) is 4.25. The molecule has 0 aliphatic carbocycles. The Labute approximate surface area is 116 Å². The van der Waals surface area contributed by atoms with Crippen LogP contribution in [0.3, 0.4) is 0 Å². The highest BCUT2D eigenvalue weighted by molar-refractivity contribution is 6.34. The van der Waals surface area contributed by atoms with Gasteiger partial charge < -0.3 is 10.6 Å². The lowest BCUT2D eigenvalue weighted by Crippen LogP contribution is -2.20. The van der Waals surface area contributed by atoms with Gasteiger partial charge in [0.25, 0.3) is 0 Å². The summed E-state index contributed by atoms with van der Waals surface area (Å²) in [7, 11) is 0. The molecule has 0 spiro atoms. The van der Waals surface area contributed by atoms with Gasteiger partial charge in [0, 0.05) is 18.1 Å². The van der Waals surface area contributed by atoms with Crippen LogP contribution in [0, 0.1) is 13.8 Å². The second-order valence-corrected chi connectivity index (χ2v) is 4.66. The number of amides is 2. The molecule has 0 saturated heterocycles. The number of rotatable bonds is 2. The number of pyridine rings is 1. The number of halogens is 1. The van der Waals surface area contributed by atoms with E-state index in [0.717, 1.165) is 11.1 Å². The molecule has 0 bridgehead atoms. The van der Waals surface area contributed by atoms with E-state index < -0.39 is 0 Å². The maximum Gasteiger partial charge on any atom is 0.323 e. The number of carbonyl (C=O) groups is 1. The zero-order chi connectivity index (χ0) is 13.8. The fourth-order valence-electron chi connectivity index (χ4n) is 1.79. The standard InChI is InChI=1S/C14H14ClN3O/c1-9-7-10(2)13(12(15)8-9)18-14(19)17-11-3-5-16-6-4-11/h3-8H,1-2H3,(H2,16,17,18,19). The molecular formula is C14H14ClN3O. The van der Waals surface area contributed by atoms with Gasteiger partial charge in [0.2, 0.25) is 0 Å². The molecule has 0 radical (unpaired) electrons. The summed E-state index contributed by atoms with van der Waals surface area (Å²) in [6, 6.07) is 6.87. The number of anilines is 2. The van der Waals surface area contributed by atoms with Crippen LogP contribution in [-0.4, -0.2) is 11.0 Å². The van der Waals surface area contributed by atoms with Gasteiger partial charge in [-0.05, 0) is 43.2 Å². The summed E-state index contributed by atoms with van der Waals surface area (Å²) in [6.45, 7) is 3.86. The van der Waals surface area contributed by atoms with Crippen molar-refractivity contribution in [2.45, 2.75) is 13.8 Å². The van der Waals surface area contributed by atoms with Gasteiger partial charge in [0.05, 0.1) is 10.7 Å². The number of hydrogen-bond acceptors (Lipinski definition) is 2. The molecule has 1 heterocycles. The Morgan fingerprint density at radius 1 is 1.16 bits per heavy atom. The summed E-state index contributed by atoms with van der Waals surface area (Å²) >= 11 is 6.13. The average molecular weight is 276 g/mol. The van der Waals surface area contributed by atoms with Crippen molar-refractivity contribution in [2.75, 3.05) is 10.6 Å². The predicted molar refractivity (Wildman–Crippen MR) is 77.8 cm³/mol. The fraction of sp³-hybridized carbons (Fsp3) is 0.143. The monoisotopic (exact) mass is 275 g/mol. The first-order valence-electron chi connectivity index (χ1n) is 5.81. The van der Waals surface area contributed by atoms with Crippen molar-refractivity contribution >= 4 is 29.0 Å². The number of aromatic nitrogens is 1. The topological polar surface area (TPSA) is 54.0 Å². The molecule has 0 unspecified atom stereocenters. The van der Waals surface area contributed by atoms with Crippen LogP contribution in [0.2, 0.25) is 5.02 Å². The van der Waals surface area contributed by atoms with Crippen molar-refractivity contribution in [2.24, 2.45) is 0 Å². The van der Waals surface area contributed by atoms with Crippen molar-refractivity contribution < 1.29 is 4.79 Å². The highest BCUT2D eigenvalue weighted by Gasteiger charge is 2.09. The van der Waals surface area contributed by atoms with E-state index >= 15 is 0 Å². The summed E-state index contributed by atoms with van der Waals surface area (Å²) in [5.41, 5.74) is 3.28. The van der Waals surface area contributed by atoms with E-state index in [1.165, 1.54) is 0 Å². The number of nitrogens with one attached hydrogen (secondary N) is 2. The van der Waals surface area contributed by atoms with Crippen LogP contribution < -0.4 is 10.6 Å². The lowest BCUT2D eigenvalue weighted by atomic mass is 10.1. The number of nitrogens with zero attached hydrogens (tertiary/aromatic N) is 1. The molecule has 2 rings (SSSR count). The number of benzene rings is 1. The molecule has 5 heteroatoms. The largest absolute Gasteiger partial charge is 0.323 e. The van der Waals surface area contributed by atoms with Gasteiger partial charge in [-0.2, -0.15) is 0 Å². The van der Waals surface area contributed by atoms with Gasteiger partial charge in [-0.3, -0.25) is 4.98 Å². The van der Waals surface area contributed by atoms with Crippen molar-refractivity contribution in [1.82, 2.24) is 4.98 Å². The maximum atomic E-state index is 11.9. The first kappa shape index (κ1) is 13.4. The van der Waals surface area contributed by atoms with E-state index in [9.17, 15) is 4.79 Å². The zero-order valence-corrected chi connectivity index (χ0v) is 11.5. The number of urea groups is 1. The Morgan fingerprint density at radius 2 is 1.84 bits per heavy atom. The summed E-state index contributed by atoms with van der Waals surface area (Å²) < 4.78 is 0. The van der Waals surface area contributed by atoms with Crippen molar-refractivity contribution in [3.63, 3.8) is 0 Å². The molecule has 2 amide bonds. The first-order valence-corrected chi connectivity index (χ1v) is 6.19. The minimum absolute atomic E-state index is 0.333. The molecule has 0 aliphatic rings. The SMILES string of the molecule is Cc1cc(C)c(NC(=O)Nc2ccncc2)c(Cl)c1. The van der Waals surface area contributed by atoms with E-state index in [-0.39, 0.29) is 6.03 Å². The fourth-order valence-corrected chi connectivity index (χ4v) is 2.15. The third-order valence-electron chi connectivity index (χ3n) is 2.61. The van der Waals surface area contributed by atoms with Crippen LogP contribution in [0.5, 0.6) is 0 Å². The predicted octanol–water partition coefficient (Wildman–Crippen LogP) is 4.00. The minimum atomic E-state index is -0.333. The molecule has 0 saturated carbocycles. The minimum Gasteiger partial charge on any atom is -0.308 e. The van der Waals surface area contributed by atoms with E-state index in [1.54, 1.807) is 24.5 Å². The summed E-state index contributed by atoms with van der Waals surface area (Å²) in [5.74, 6) is 0. The molecule has 4 nitrogen and oxygen atoms in total. The Hall–Kier alpha value is -2.07. The molecule has 2 aromatic rings. The average Bonchev–Trinajstić information content (AvgIpc) is 2.35. The smallest absolute Gasteiger partial charge is 0.308 e. The lowest BCUT2D eigenvalue weighted by molar-refractivity contribution is 0.262. The van der Waals surface area contributed by atoms with Crippen molar-refractivity contribution in [3.8, 4) is 0 Å². The second kappa shape index (κ2) is 5.71. The molecule has 0 fully saturated rings. The summed E-state index contributed by atoms with van der Waals surface area (Å²) in [4.78, 5) is 15.8. The van der Waals surface area contributed by atoms with Crippen molar-refractivity contribution in [3.05, 3.63) is 52.8 Å². The Kier molecular flexibility index (Phi) is 4.02. The highest BCUT2D eigenvalue weighted by Crippen LogP contribution is 2.27. The van der Waals surface area contributed by atoms with E-state index in [0.29, 0.717) is 16.4 Å². The molecule has 98 valence electrons. The zero-order valence-electron chi connectivity index (χ0n) is 10.7. The normalized spacial score (nSPS) is 10.1. The Bertz CT molecular complexity index is 576. The molecule has 1 aromatic heterocycles. The van der Waals surface area contributed by atoms with Crippen molar-refractivity contribution in [1.29, 1.82) is 0 Å². The Balaban J connectivity index is 2.12. The van der Waals surface area contributed by atoms with Gasteiger partial charge in [-0.15, -0.1) is 0 Å². The Morgan fingerprint density at radius 3 is 2.47 bits per heavy atom. The third-order valence-corrected chi connectivity index (χ3v) is 2.91. The van der Waals surface area contributed by atoms with Crippen LogP contribution >= 0.6 is 11.6 Å². The summed E-state index contributed by atoms with van der Waals surface area (Å²) in [5, 5.41) is 5.99.